The molecule has 0 atom stereocenters. The van der Waals surface area contributed by atoms with Gasteiger partial charge in [0, 0.05) is 23.9 Å². The van der Waals surface area contributed by atoms with Crippen LogP contribution < -0.4 is 10.6 Å². The third-order valence-corrected chi connectivity index (χ3v) is 4.69. The topological polar surface area (TPSA) is 71.3 Å². The maximum atomic E-state index is 14.1. The van der Waals surface area contributed by atoms with Gasteiger partial charge in [0.05, 0.1) is 17.9 Å². The molecule has 1 aromatic heterocycles. The van der Waals surface area contributed by atoms with Crippen molar-refractivity contribution in [1.82, 2.24) is 15.1 Å². The number of halogens is 1. The number of nitrogens with zero attached hydrogens (tertiary/aromatic N) is 3. The van der Waals surface area contributed by atoms with Crippen LogP contribution in [0.25, 0.3) is 0 Å². The van der Waals surface area contributed by atoms with Crippen molar-refractivity contribution in [2.75, 3.05) is 5.32 Å². The molecule has 7 heteroatoms. The number of aliphatic imine (C=N–C) groups is 1. The number of guanidine groups is 1. The van der Waals surface area contributed by atoms with Gasteiger partial charge in [-0.3, -0.25) is 14.8 Å². The third-order valence-electron chi connectivity index (χ3n) is 4.69. The van der Waals surface area contributed by atoms with E-state index in [1.165, 1.54) is 6.07 Å². The Kier molecular flexibility index (Phi) is 6.07. The van der Waals surface area contributed by atoms with E-state index in [4.69, 9.17) is 0 Å². The zero-order valence-corrected chi connectivity index (χ0v) is 17.0. The van der Waals surface area contributed by atoms with Crippen LogP contribution in [0.15, 0.2) is 53.5 Å². The van der Waals surface area contributed by atoms with Gasteiger partial charge in [-0.25, -0.2) is 9.38 Å². The summed E-state index contributed by atoms with van der Waals surface area (Å²) in [5, 5.41) is 10.0. The second-order valence-corrected chi connectivity index (χ2v) is 6.87. The van der Waals surface area contributed by atoms with E-state index in [-0.39, 0.29) is 17.6 Å². The molecule has 0 bridgehead atoms. The van der Waals surface area contributed by atoms with Crippen LogP contribution >= 0.6 is 0 Å². The minimum Gasteiger partial charge on any atom is -0.323 e. The van der Waals surface area contributed by atoms with Crippen molar-refractivity contribution in [1.29, 1.82) is 0 Å². The predicted molar refractivity (Wildman–Crippen MR) is 112 cm³/mol. The van der Waals surface area contributed by atoms with Crippen LogP contribution in [0.5, 0.6) is 0 Å². The number of hydrogen-bond donors (Lipinski definition) is 2. The van der Waals surface area contributed by atoms with Gasteiger partial charge >= 0.3 is 0 Å². The Balaban J connectivity index is 1.88. The van der Waals surface area contributed by atoms with Crippen LogP contribution in [0.3, 0.4) is 0 Å². The lowest BCUT2D eigenvalue weighted by Gasteiger charge is -2.13. The monoisotopic (exact) mass is 393 g/mol. The number of hydrogen-bond acceptors (Lipinski definition) is 3. The molecule has 150 valence electrons. The highest BCUT2D eigenvalue weighted by Crippen LogP contribution is 2.15. The summed E-state index contributed by atoms with van der Waals surface area (Å²) in [7, 11) is 1.87. The quantitative estimate of drug-likeness (QED) is 0.522. The average Bonchev–Trinajstić information content (AvgIpc) is 2.93. The molecule has 1 heterocycles. The van der Waals surface area contributed by atoms with Gasteiger partial charge in [-0.05, 0) is 45.0 Å². The number of benzene rings is 2. The largest absolute Gasteiger partial charge is 0.323 e. The van der Waals surface area contributed by atoms with Crippen LogP contribution in [-0.2, 0) is 13.6 Å². The zero-order chi connectivity index (χ0) is 21.0. The summed E-state index contributed by atoms with van der Waals surface area (Å²) < 4.78 is 15.9. The first-order valence-electron chi connectivity index (χ1n) is 9.28. The number of carbonyl (C=O) groups is 1. The molecule has 0 aliphatic carbocycles. The van der Waals surface area contributed by atoms with E-state index >= 15 is 0 Å². The third kappa shape index (κ3) is 4.87. The van der Waals surface area contributed by atoms with Crippen molar-refractivity contribution in [2.24, 2.45) is 12.0 Å². The zero-order valence-electron chi connectivity index (χ0n) is 17.0. The summed E-state index contributed by atoms with van der Waals surface area (Å²) in [6.07, 6.45) is 0. The Morgan fingerprint density at radius 1 is 1.14 bits per heavy atom. The highest BCUT2D eigenvalue weighted by atomic mass is 19.1. The second kappa shape index (κ2) is 8.68. The lowest BCUT2D eigenvalue weighted by molar-refractivity contribution is 0.0977. The van der Waals surface area contributed by atoms with Gasteiger partial charge in [-0.2, -0.15) is 5.10 Å². The Morgan fingerprint density at radius 2 is 1.90 bits per heavy atom. The SMILES string of the molecule is Cc1cccc(C(=O)NC(=NCc2c(C)nn(C)c2C)Nc2ccccc2F)c1. The molecule has 0 radical (unpaired) electrons. The molecule has 0 saturated heterocycles. The Labute approximate surface area is 169 Å². The second-order valence-electron chi connectivity index (χ2n) is 6.87. The summed E-state index contributed by atoms with van der Waals surface area (Å²) in [4.78, 5) is 17.2. The van der Waals surface area contributed by atoms with Gasteiger partial charge in [0.2, 0.25) is 5.96 Å². The first-order valence-corrected chi connectivity index (χ1v) is 9.28. The van der Waals surface area contributed by atoms with E-state index in [1.54, 1.807) is 35.0 Å². The highest BCUT2D eigenvalue weighted by molar-refractivity contribution is 6.10. The van der Waals surface area contributed by atoms with Crippen LogP contribution in [0, 0.1) is 26.6 Å². The van der Waals surface area contributed by atoms with E-state index in [2.05, 4.69) is 20.7 Å². The molecule has 0 fully saturated rings. The van der Waals surface area contributed by atoms with E-state index in [1.807, 2.05) is 40.0 Å². The van der Waals surface area contributed by atoms with Crippen molar-refractivity contribution < 1.29 is 9.18 Å². The molecule has 0 spiro atoms. The van der Waals surface area contributed by atoms with Crippen molar-refractivity contribution in [3.05, 3.63) is 82.4 Å². The number of rotatable bonds is 4. The van der Waals surface area contributed by atoms with Crippen LogP contribution in [-0.4, -0.2) is 21.6 Å². The van der Waals surface area contributed by atoms with Gasteiger partial charge in [0.1, 0.15) is 5.82 Å². The smallest absolute Gasteiger partial charge is 0.257 e. The fourth-order valence-electron chi connectivity index (χ4n) is 2.97. The fourth-order valence-corrected chi connectivity index (χ4v) is 2.97. The number of aryl methyl sites for hydroxylation is 3. The summed E-state index contributed by atoms with van der Waals surface area (Å²) in [5.74, 6) is -0.584. The Bertz CT molecular complexity index is 1070. The first-order chi connectivity index (χ1) is 13.8. The molecule has 2 N–H and O–H groups in total. The molecule has 0 saturated carbocycles. The normalized spacial score (nSPS) is 11.4. The number of para-hydroxylation sites is 1. The molecular weight excluding hydrogens is 369 g/mol. The molecule has 6 nitrogen and oxygen atoms in total. The number of aromatic nitrogens is 2. The lowest BCUT2D eigenvalue weighted by Crippen LogP contribution is -2.36. The van der Waals surface area contributed by atoms with Crippen molar-refractivity contribution in [3.63, 3.8) is 0 Å². The molecule has 0 unspecified atom stereocenters. The number of nitrogens with one attached hydrogen (secondary N) is 2. The summed E-state index contributed by atoms with van der Waals surface area (Å²) in [6, 6.07) is 13.5. The van der Waals surface area contributed by atoms with E-state index in [0.29, 0.717) is 12.1 Å². The predicted octanol–water partition coefficient (Wildman–Crippen LogP) is 3.88. The molecule has 29 heavy (non-hydrogen) atoms. The lowest BCUT2D eigenvalue weighted by atomic mass is 10.1. The first kappa shape index (κ1) is 20.3. The standard InChI is InChI=1S/C22H24FN5O/c1-14-8-7-9-17(12-14)21(29)26-22(25-20-11-6-5-10-19(20)23)24-13-18-15(2)27-28(4)16(18)3/h5-12H,13H2,1-4H3,(H2,24,25,26,29). The summed E-state index contributed by atoms with van der Waals surface area (Å²) in [6.45, 7) is 6.08. The van der Waals surface area contributed by atoms with Crippen LogP contribution in [0.1, 0.15) is 32.9 Å². The van der Waals surface area contributed by atoms with Gasteiger partial charge in [-0.15, -0.1) is 0 Å². The number of anilines is 1. The minimum absolute atomic E-state index is 0.171. The maximum absolute atomic E-state index is 14.1. The minimum atomic E-state index is -0.432. The van der Waals surface area contributed by atoms with Crippen LogP contribution in [0.2, 0.25) is 0 Å². The molecule has 2 aromatic carbocycles. The molecule has 3 rings (SSSR count). The van der Waals surface area contributed by atoms with Crippen molar-refractivity contribution >= 4 is 17.6 Å². The highest BCUT2D eigenvalue weighted by Gasteiger charge is 2.13. The van der Waals surface area contributed by atoms with E-state index in [9.17, 15) is 9.18 Å². The number of amides is 1. The number of carbonyl (C=O) groups excluding carboxylic acids is 1. The molecular formula is C22H24FN5O. The Hall–Kier alpha value is -3.48. The summed E-state index contributed by atoms with van der Waals surface area (Å²) in [5.41, 5.74) is 4.52. The molecule has 0 aliphatic heterocycles. The molecule has 0 aliphatic rings. The molecule has 3 aromatic rings. The average molecular weight is 393 g/mol. The van der Waals surface area contributed by atoms with Gasteiger partial charge < -0.3 is 5.32 Å². The van der Waals surface area contributed by atoms with Gasteiger partial charge in [0.15, 0.2) is 0 Å². The van der Waals surface area contributed by atoms with Gasteiger partial charge in [0.25, 0.3) is 5.91 Å². The van der Waals surface area contributed by atoms with E-state index in [0.717, 1.165) is 22.5 Å². The summed E-state index contributed by atoms with van der Waals surface area (Å²) >= 11 is 0. The van der Waals surface area contributed by atoms with Crippen molar-refractivity contribution in [2.45, 2.75) is 27.3 Å². The maximum Gasteiger partial charge on any atom is 0.257 e. The van der Waals surface area contributed by atoms with Gasteiger partial charge in [-0.1, -0.05) is 29.8 Å². The molecule has 1 amide bonds. The fraction of sp³-hybridized carbons (Fsp3) is 0.227. The van der Waals surface area contributed by atoms with Crippen LogP contribution in [0.4, 0.5) is 10.1 Å². The Morgan fingerprint density at radius 3 is 2.55 bits per heavy atom. The van der Waals surface area contributed by atoms with Crippen molar-refractivity contribution in [3.8, 4) is 0 Å². The van der Waals surface area contributed by atoms with E-state index < -0.39 is 5.82 Å².